The molecular formula is C22H25F2N4O2+. The maximum Gasteiger partial charge on any atom is 0.387 e. The Morgan fingerprint density at radius 3 is 2.43 bits per heavy atom. The van der Waals surface area contributed by atoms with E-state index in [1.165, 1.54) is 24.3 Å². The molecule has 3 aromatic rings. The maximum atomic E-state index is 12.4. The van der Waals surface area contributed by atoms with Crippen molar-refractivity contribution in [2.24, 2.45) is 0 Å². The summed E-state index contributed by atoms with van der Waals surface area (Å²) in [6.07, 6.45) is 0. The summed E-state index contributed by atoms with van der Waals surface area (Å²) >= 11 is 0. The van der Waals surface area contributed by atoms with Gasteiger partial charge in [0.1, 0.15) is 12.3 Å². The average molecular weight is 415 g/mol. The first-order chi connectivity index (χ1) is 14.3. The summed E-state index contributed by atoms with van der Waals surface area (Å²) in [6, 6.07) is 15.8. The Balaban J connectivity index is 1.60. The standard InChI is InChI=1S/C22H24F2N4O2/c1-15-20(16(2)28(26-15)18-7-5-4-6-8-18)13-27(3)14-21(29)25-17-9-11-19(12-10-17)30-22(23)24/h4-12,22H,13-14H2,1-3H3,(H,25,29)/p+1. The first kappa shape index (κ1) is 21.4. The number of carbonyl (C=O) groups excluding carboxylic acids is 1. The molecule has 0 aliphatic rings. The number of benzene rings is 2. The number of hydrogen-bond acceptors (Lipinski definition) is 3. The van der Waals surface area contributed by atoms with Crippen molar-refractivity contribution < 1.29 is 23.2 Å². The number of likely N-dealkylation sites (N-methyl/N-ethyl adjacent to an activating group) is 1. The van der Waals surface area contributed by atoms with E-state index in [9.17, 15) is 13.6 Å². The van der Waals surface area contributed by atoms with Gasteiger partial charge in [0.2, 0.25) is 0 Å². The Hall–Kier alpha value is -3.26. The molecule has 1 aromatic heterocycles. The number of rotatable bonds is 8. The van der Waals surface area contributed by atoms with Crippen LogP contribution in [0.25, 0.3) is 5.69 Å². The number of nitrogens with zero attached hydrogens (tertiary/aromatic N) is 2. The largest absolute Gasteiger partial charge is 0.435 e. The molecule has 0 fully saturated rings. The molecule has 2 aromatic carbocycles. The van der Waals surface area contributed by atoms with Crippen LogP contribution in [0.3, 0.4) is 0 Å². The van der Waals surface area contributed by atoms with Crippen molar-refractivity contribution >= 4 is 11.6 Å². The second kappa shape index (κ2) is 9.49. The quantitative estimate of drug-likeness (QED) is 0.595. The Bertz CT molecular complexity index is 988. The molecule has 2 N–H and O–H groups in total. The van der Waals surface area contributed by atoms with E-state index in [0.717, 1.165) is 27.5 Å². The molecule has 6 nitrogen and oxygen atoms in total. The average Bonchev–Trinajstić information content (AvgIpc) is 2.98. The lowest BCUT2D eigenvalue weighted by atomic mass is 10.2. The zero-order chi connectivity index (χ0) is 21.7. The van der Waals surface area contributed by atoms with E-state index in [1.54, 1.807) is 0 Å². The number of alkyl halides is 2. The summed E-state index contributed by atoms with van der Waals surface area (Å²) in [5, 5.41) is 7.42. The van der Waals surface area contributed by atoms with Crippen molar-refractivity contribution in [3.8, 4) is 11.4 Å². The minimum absolute atomic E-state index is 0.0483. The van der Waals surface area contributed by atoms with Gasteiger partial charge in [0.15, 0.2) is 6.54 Å². The Labute approximate surface area is 174 Å². The number of quaternary nitrogens is 1. The predicted octanol–water partition coefficient (Wildman–Crippen LogP) is 2.74. The van der Waals surface area contributed by atoms with Gasteiger partial charge in [0.05, 0.1) is 29.7 Å². The predicted molar refractivity (Wildman–Crippen MR) is 110 cm³/mol. The second-order valence-corrected chi connectivity index (χ2v) is 7.16. The lowest BCUT2D eigenvalue weighted by molar-refractivity contribution is -0.885. The van der Waals surface area contributed by atoms with Gasteiger partial charge in [-0.25, -0.2) is 4.68 Å². The SMILES string of the molecule is Cc1nn(-c2ccccc2)c(C)c1C[NH+](C)CC(=O)Nc1ccc(OC(F)F)cc1. The van der Waals surface area contributed by atoms with Crippen LogP contribution in [0, 0.1) is 13.8 Å². The highest BCUT2D eigenvalue weighted by atomic mass is 19.3. The van der Waals surface area contributed by atoms with Crippen LogP contribution in [0.5, 0.6) is 5.75 Å². The number of anilines is 1. The van der Waals surface area contributed by atoms with Crippen LogP contribution in [-0.2, 0) is 11.3 Å². The zero-order valence-corrected chi connectivity index (χ0v) is 17.2. The van der Waals surface area contributed by atoms with Gasteiger partial charge in [-0.05, 0) is 50.2 Å². The van der Waals surface area contributed by atoms with Crippen LogP contribution in [-0.4, -0.2) is 35.9 Å². The molecule has 8 heteroatoms. The van der Waals surface area contributed by atoms with E-state index >= 15 is 0 Å². The van der Waals surface area contributed by atoms with Crippen molar-refractivity contribution in [1.82, 2.24) is 9.78 Å². The van der Waals surface area contributed by atoms with E-state index in [2.05, 4.69) is 15.2 Å². The van der Waals surface area contributed by atoms with Gasteiger partial charge in [-0.2, -0.15) is 13.9 Å². The molecule has 0 aliphatic heterocycles. The van der Waals surface area contributed by atoms with E-state index in [-0.39, 0.29) is 18.2 Å². The molecule has 158 valence electrons. The third-order valence-corrected chi connectivity index (χ3v) is 4.75. The van der Waals surface area contributed by atoms with Crippen LogP contribution in [0.1, 0.15) is 17.0 Å². The molecule has 0 saturated heterocycles. The van der Waals surface area contributed by atoms with Gasteiger partial charge in [-0.3, -0.25) is 4.79 Å². The molecule has 0 spiro atoms. The van der Waals surface area contributed by atoms with Crippen molar-refractivity contribution in [3.05, 3.63) is 71.5 Å². The summed E-state index contributed by atoms with van der Waals surface area (Å²) in [4.78, 5) is 13.4. The summed E-state index contributed by atoms with van der Waals surface area (Å²) in [7, 11) is 1.94. The maximum absolute atomic E-state index is 12.4. The molecule has 1 heterocycles. The second-order valence-electron chi connectivity index (χ2n) is 7.16. The number of halogens is 2. The fraction of sp³-hybridized carbons (Fsp3) is 0.273. The Kier molecular flexibility index (Phi) is 6.79. The van der Waals surface area contributed by atoms with Crippen LogP contribution in [0.2, 0.25) is 0 Å². The number of amides is 1. The van der Waals surface area contributed by atoms with Gasteiger partial charge < -0.3 is 15.0 Å². The van der Waals surface area contributed by atoms with Crippen LogP contribution in [0.15, 0.2) is 54.6 Å². The third kappa shape index (κ3) is 5.42. The van der Waals surface area contributed by atoms with E-state index in [4.69, 9.17) is 0 Å². The van der Waals surface area contributed by atoms with Gasteiger partial charge in [-0.1, -0.05) is 18.2 Å². The van der Waals surface area contributed by atoms with Gasteiger partial charge in [-0.15, -0.1) is 0 Å². The molecular weight excluding hydrogens is 390 g/mol. The van der Waals surface area contributed by atoms with Crippen LogP contribution < -0.4 is 15.0 Å². The number of ether oxygens (including phenoxy) is 1. The van der Waals surface area contributed by atoms with Gasteiger partial charge in [0.25, 0.3) is 5.91 Å². The van der Waals surface area contributed by atoms with E-state index in [1.807, 2.05) is 55.9 Å². The highest BCUT2D eigenvalue weighted by molar-refractivity contribution is 5.91. The minimum atomic E-state index is -2.87. The highest BCUT2D eigenvalue weighted by Gasteiger charge is 2.18. The normalized spacial score (nSPS) is 12.1. The summed E-state index contributed by atoms with van der Waals surface area (Å²) in [5.74, 6) is -0.118. The topological polar surface area (TPSA) is 60.6 Å². The number of aromatic nitrogens is 2. The number of carbonyl (C=O) groups is 1. The lowest BCUT2D eigenvalue weighted by Crippen LogP contribution is -3.08. The molecule has 1 atom stereocenters. The number of para-hydroxylation sites is 1. The molecule has 30 heavy (non-hydrogen) atoms. The van der Waals surface area contributed by atoms with Gasteiger partial charge in [0, 0.05) is 5.69 Å². The van der Waals surface area contributed by atoms with Crippen molar-refractivity contribution in [2.75, 3.05) is 18.9 Å². The van der Waals surface area contributed by atoms with Crippen LogP contribution in [0.4, 0.5) is 14.5 Å². The highest BCUT2D eigenvalue weighted by Crippen LogP contribution is 2.18. The first-order valence-electron chi connectivity index (χ1n) is 9.60. The third-order valence-electron chi connectivity index (χ3n) is 4.75. The van der Waals surface area contributed by atoms with Crippen LogP contribution >= 0.6 is 0 Å². The Morgan fingerprint density at radius 2 is 1.80 bits per heavy atom. The first-order valence-corrected chi connectivity index (χ1v) is 9.60. The summed E-state index contributed by atoms with van der Waals surface area (Å²) in [6.45, 7) is 2.03. The smallest absolute Gasteiger partial charge is 0.387 e. The molecule has 1 unspecified atom stereocenters. The van der Waals surface area contributed by atoms with Crippen molar-refractivity contribution in [1.29, 1.82) is 0 Å². The molecule has 0 bridgehead atoms. The lowest BCUT2D eigenvalue weighted by Gasteiger charge is -2.14. The fourth-order valence-corrected chi connectivity index (χ4v) is 3.31. The number of hydrogen-bond donors (Lipinski definition) is 2. The summed E-state index contributed by atoms with van der Waals surface area (Å²) in [5.41, 5.74) is 4.62. The molecule has 0 radical (unpaired) electrons. The van der Waals surface area contributed by atoms with Crippen molar-refractivity contribution in [3.63, 3.8) is 0 Å². The number of nitrogens with one attached hydrogen (secondary N) is 2. The molecule has 0 aliphatic carbocycles. The van der Waals surface area contributed by atoms with E-state index < -0.39 is 6.61 Å². The van der Waals surface area contributed by atoms with E-state index in [0.29, 0.717) is 12.2 Å². The minimum Gasteiger partial charge on any atom is -0.435 e. The molecule has 1 amide bonds. The zero-order valence-electron chi connectivity index (χ0n) is 17.2. The Morgan fingerprint density at radius 1 is 1.13 bits per heavy atom. The van der Waals surface area contributed by atoms with Crippen molar-refractivity contribution in [2.45, 2.75) is 27.0 Å². The monoisotopic (exact) mass is 415 g/mol. The fourth-order valence-electron chi connectivity index (χ4n) is 3.31. The molecule has 3 rings (SSSR count). The van der Waals surface area contributed by atoms with Gasteiger partial charge >= 0.3 is 6.61 Å². The number of aryl methyl sites for hydroxylation is 1. The summed E-state index contributed by atoms with van der Waals surface area (Å²) < 4.78 is 30.6. The molecule has 0 saturated carbocycles.